The molecule has 1 aliphatic heterocycles. The summed E-state index contributed by atoms with van der Waals surface area (Å²) in [5.41, 5.74) is 1.74. The number of hydrogen-bond donors (Lipinski definition) is 1. The third kappa shape index (κ3) is 4.90. The van der Waals surface area contributed by atoms with Crippen molar-refractivity contribution in [2.45, 2.75) is 67.1 Å². The van der Waals surface area contributed by atoms with Crippen LogP contribution in [0.2, 0.25) is 0 Å². The molecule has 1 unspecified atom stereocenters. The molecular formula is C33H37NO6S. The lowest BCUT2D eigenvalue weighted by Crippen LogP contribution is -2.53. The number of aliphatic carboxylic acids is 1. The van der Waals surface area contributed by atoms with Crippen molar-refractivity contribution >= 4 is 21.7 Å². The van der Waals surface area contributed by atoms with E-state index >= 15 is 0 Å². The second-order valence-corrected chi connectivity index (χ2v) is 14.1. The van der Waals surface area contributed by atoms with Crippen LogP contribution in [-0.4, -0.2) is 49.5 Å². The molecule has 1 amide bonds. The third-order valence-electron chi connectivity index (χ3n) is 9.63. The first kappa shape index (κ1) is 27.8. The number of rotatable bonds is 7. The third-order valence-corrected chi connectivity index (χ3v) is 12.2. The van der Waals surface area contributed by atoms with Crippen molar-refractivity contribution in [3.8, 4) is 5.75 Å². The fourth-order valence-corrected chi connectivity index (χ4v) is 9.84. The number of likely N-dealkylation sites (tertiary alicyclic amines) is 1. The van der Waals surface area contributed by atoms with Gasteiger partial charge in [-0.1, -0.05) is 48.6 Å². The molecule has 3 aliphatic carbocycles. The summed E-state index contributed by atoms with van der Waals surface area (Å²) in [5.74, 6) is -0.449. The van der Waals surface area contributed by atoms with Gasteiger partial charge in [0.1, 0.15) is 10.5 Å². The number of fused-ring (bicyclic) bond motifs is 3. The smallest absolute Gasteiger partial charge is 0.306 e. The normalized spacial score (nSPS) is 29.0. The van der Waals surface area contributed by atoms with Gasteiger partial charge in [0.15, 0.2) is 9.84 Å². The SMILES string of the molecule is O=C(O)C1CCC(C(=O)N2CC[C@@]3(S(=O)(=O)c4ccccc4)c4ccc(OCC5C=CC=CC5)cc4CC[C@@H]23)CC1. The number of carboxylic acid groups (broad SMARTS) is 1. The molecule has 216 valence electrons. The molecule has 1 saturated carbocycles. The Morgan fingerprint density at radius 1 is 0.976 bits per heavy atom. The van der Waals surface area contributed by atoms with Gasteiger partial charge in [0.05, 0.1) is 23.5 Å². The van der Waals surface area contributed by atoms with E-state index in [9.17, 15) is 23.1 Å². The first-order valence-corrected chi connectivity index (χ1v) is 16.2. The van der Waals surface area contributed by atoms with E-state index in [1.54, 1.807) is 24.3 Å². The van der Waals surface area contributed by atoms with Crippen LogP contribution < -0.4 is 4.74 Å². The maximum Gasteiger partial charge on any atom is 0.306 e. The Balaban J connectivity index is 1.32. The predicted octanol–water partition coefficient (Wildman–Crippen LogP) is 5.31. The van der Waals surface area contributed by atoms with Crippen LogP contribution in [0, 0.1) is 17.8 Å². The maximum atomic E-state index is 14.6. The predicted molar refractivity (Wildman–Crippen MR) is 155 cm³/mol. The summed E-state index contributed by atoms with van der Waals surface area (Å²) < 4.78 is 34.1. The number of hydrogen-bond acceptors (Lipinski definition) is 5. The van der Waals surface area contributed by atoms with E-state index in [0.29, 0.717) is 64.0 Å². The quantitative estimate of drug-likeness (QED) is 0.481. The lowest BCUT2D eigenvalue weighted by molar-refractivity contribution is -0.146. The highest BCUT2D eigenvalue weighted by molar-refractivity contribution is 7.92. The van der Waals surface area contributed by atoms with Crippen molar-refractivity contribution in [3.63, 3.8) is 0 Å². The molecule has 2 fully saturated rings. The summed E-state index contributed by atoms with van der Waals surface area (Å²) in [6.07, 6.45) is 12.8. The molecule has 0 bridgehead atoms. The van der Waals surface area contributed by atoms with Crippen molar-refractivity contribution in [2.24, 2.45) is 17.8 Å². The van der Waals surface area contributed by atoms with Crippen LogP contribution in [0.25, 0.3) is 0 Å². The highest BCUT2D eigenvalue weighted by Gasteiger charge is 2.61. The van der Waals surface area contributed by atoms with Crippen LogP contribution >= 0.6 is 0 Å². The molecule has 2 aromatic rings. The zero-order valence-electron chi connectivity index (χ0n) is 23.2. The van der Waals surface area contributed by atoms with Crippen LogP contribution in [0.4, 0.5) is 0 Å². The van der Waals surface area contributed by atoms with Gasteiger partial charge in [-0.3, -0.25) is 9.59 Å². The van der Waals surface area contributed by atoms with Crippen LogP contribution in [0.1, 0.15) is 56.1 Å². The van der Waals surface area contributed by atoms with Crippen molar-refractivity contribution in [3.05, 3.63) is 84.0 Å². The van der Waals surface area contributed by atoms with Gasteiger partial charge in [-0.2, -0.15) is 0 Å². The number of amides is 1. The monoisotopic (exact) mass is 575 g/mol. The Morgan fingerprint density at radius 2 is 1.73 bits per heavy atom. The molecule has 4 aliphatic rings. The highest BCUT2D eigenvalue weighted by Crippen LogP contribution is 2.53. The van der Waals surface area contributed by atoms with Crippen molar-refractivity contribution in [1.29, 1.82) is 0 Å². The molecule has 3 atom stereocenters. The number of allylic oxidation sites excluding steroid dienone is 3. The number of carbonyl (C=O) groups is 2. The van der Waals surface area contributed by atoms with Gasteiger partial charge < -0.3 is 14.7 Å². The number of carbonyl (C=O) groups excluding carboxylic acids is 1. The maximum absolute atomic E-state index is 14.6. The van der Waals surface area contributed by atoms with Crippen LogP contribution in [0.3, 0.4) is 0 Å². The van der Waals surface area contributed by atoms with Gasteiger partial charge >= 0.3 is 5.97 Å². The fraction of sp³-hybridized carbons (Fsp3) is 0.455. The zero-order valence-corrected chi connectivity index (χ0v) is 24.0. The Hall–Kier alpha value is -3.39. The molecular weight excluding hydrogens is 538 g/mol. The number of carboxylic acids is 1. The van der Waals surface area contributed by atoms with Gasteiger partial charge in [0.2, 0.25) is 5.91 Å². The number of sulfone groups is 1. The Labute approximate surface area is 241 Å². The number of benzene rings is 2. The van der Waals surface area contributed by atoms with Crippen LogP contribution in [0.15, 0.2) is 77.7 Å². The molecule has 1 heterocycles. The Morgan fingerprint density at radius 3 is 2.44 bits per heavy atom. The average molecular weight is 576 g/mol. The van der Waals surface area contributed by atoms with Crippen LogP contribution in [0.5, 0.6) is 5.75 Å². The molecule has 0 spiro atoms. The topological polar surface area (TPSA) is 101 Å². The lowest BCUT2D eigenvalue weighted by Gasteiger charge is -2.43. The molecule has 6 rings (SSSR count). The Kier molecular flexibility index (Phi) is 7.53. The minimum absolute atomic E-state index is 0.0260. The summed E-state index contributed by atoms with van der Waals surface area (Å²) in [6, 6.07) is 13.9. The van der Waals surface area contributed by atoms with E-state index in [0.717, 1.165) is 23.3 Å². The Bertz CT molecular complexity index is 1470. The first-order chi connectivity index (χ1) is 19.8. The highest BCUT2D eigenvalue weighted by atomic mass is 32.2. The zero-order chi connectivity index (χ0) is 28.6. The van der Waals surface area contributed by atoms with E-state index in [-0.39, 0.29) is 16.7 Å². The fourth-order valence-electron chi connectivity index (χ4n) is 7.45. The summed E-state index contributed by atoms with van der Waals surface area (Å²) in [7, 11) is -3.86. The van der Waals surface area contributed by atoms with Gasteiger partial charge in [0, 0.05) is 18.4 Å². The summed E-state index contributed by atoms with van der Waals surface area (Å²) >= 11 is 0. The van der Waals surface area contributed by atoms with E-state index < -0.39 is 32.5 Å². The van der Waals surface area contributed by atoms with Crippen molar-refractivity contribution in [1.82, 2.24) is 4.90 Å². The van der Waals surface area contributed by atoms with Gasteiger partial charge in [0.25, 0.3) is 0 Å². The van der Waals surface area contributed by atoms with Gasteiger partial charge in [-0.25, -0.2) is 8.42 Å². The van der Waals surface area contributed by atoms with E-state index in [2.05, 4.69) is 12.2 Å². The second kappa shape index (κ2) is 11.1. The largest absolute Gasteiger partial charge is 0.493 e. The average Bonchev–Trinajstić information content (AvgIpc) is 3.42. The number of aryl methyl sites for hydroxylation is 1. The van der Waals surface area contributed by atoms with Crippen molar-refractivity contribution in [2.75, 3.05) is 13.2 Å². The molecule has 0 radical (unpaired) electrons. The first-order valence-electron chi connectivity index (χ1n) is 14.7. The molecule has 0 aromatic heterocycles. The molecule has 2 aromatic carbocycles. The lowest BCUT2D eigenvalue weighted by atomic mass is 9.77. The van der Waals surface area contributed by atoms with E-state index in [1.807, 2.05) is 41.3 Å². The summed E-state index contributed by atoms with van der Waals surface area (Å²) in [4.78, 5) is 27.4. The van der Waals surface area contributed by atoms with Gasteiger partial charge in [-0.15, -0.1) is 0 Å². The van der Waals surface area contributed by atoms with E-state index in [4.69, 9.17) is 4.74 Å². The second-order valence-electron chi connectivity index (χ2n) is 11.9. The molecule has 1 saturated heterocycles. The minimum atomic E-state index is -3.86. The van der Waals surface area contributed by atoms with E-state index in [1.165, 1.54) is 0 Å². The molecule has 8 heteroatoms. The summed E-state index contributed by atoms with van der Waals surface area (Å²) in [6.45, 7) is 0.926. The molecule has 7 nitrogen and oxygen atoms in total. The minimum Gasteiger partial charge on any atom is -0.493 e. The molecule has 41 heavy (non-hydrogen) atoms. The number of ether oxygens (including phenoxy) is 1. The van der Waals surface area contributed by atoms with Crippen molar-refractivity contribution < 1.29 is 27.9 Å². The standard InChI is InChI=1S/C33H37NO6S/c35-31(24-11-13-25(14-12-24)32(36)37)34-20-19-33(41(38,39)28-9-5-2-6-10-28)29-17-16-27(21-26(29)15-18-30(33)34)40-22-23-7-3-1-4-8-23/h1-7,9-10,16-17,21,23-25,30H,8,11-15,18-20,22H2,(H,36,37)/t23?,24?,25?,30-,33-/m1/s1. The van der Waals surface area contributed by atoms with Gasteiger partial charge in [-0.05, 0) is 86.8 Å². The molecule has 1 N–H and O–H groups in total. The summed E-state index contributed by atoms with van der Waals surface area (Å²) in [5, 5.41) is 9.40. The number of nitrogens with zero attached hydrogens (tertiary/aromatic N) is 1. The van der Waals surface area contributed by atoms with Crippen LogP contribution in [-0.2, 0) is 30.6 Å².